The van der Waals surface area contributed by atoms with Gasteiger partial charge in [-0.3, -0.25) is 14.5 Å². The second-order valence-electron chi connectivity index (χ2n) is 10.2. The summed E-state index contributed by atoms with van der Waals surface area (Å²) in [6, 6.07) is 16.3. The van der Waals surface area contributed by atoms with Gasteiger partial charge in [0.05, 0.1) is 53.0 Å². The van der Waals surface area contributed by atoms with E-state index in [0.717, 1.165) is 16.9 Å². The monoisotopic (exact) mass is 572 g/mol. The quantitative estimate of drug-likeness (QED) is 0.349. The molecular weight excluding hydrogens is 536 g/mol. The number of Topliss-reactive ketones (excluding diaryl/α,β-unsaturated/α-hetero) is 1. The molecule has 1 heterocycles. The first kappa shape index (κ1) is 28.9. The summed E-state index contributed by atoms with van der Waals surface area (Å²) in [7, 11) is 7.82. The number of anilines is 2. The lowest BCUT2D eigenvalue weighted by Gasteiger charge is -2.35. The Morgan fingerprint density at radius 1 is 0.810 bits per heavy atom. The van der Waals surface area contributed by atoms with E-state index in [1.807, 2.05) is 61.5 Å². The zero-order valence-corrected chi connectivity index (χ0v) is 24.8. The van der Waals surface area contributed by atoms with Gasteiger partial charge < -0.3 is 29.0 Å². The van der Waals surface area contributed by atoms with Gasteiger partial charge in [0, 0.05) is 24.1 Å². The number of rotatable bonds is 8. The van der Waals surface area contributed by atoms with Crippen LogP contribution in [0.5, 0.6) is 28.7 Å². The van der Waals surface area contributed by atoms with E-state index in [9.17, 15) is 9.59 Å². The van der Waals surface area contributed by atoms with Gasteiger partial charge >= 0.3 is 0 Å². The third-order valence-corrected chi connectivity index (χ3v) is 7.94. The molecule has 42 heavy (non-hydrogen) atoms. The largest absolute Gasteiger partial charge is 0.493 e. The van der Waals surface area contributed by atoms with Crippen LogP contribution in [0.4, 0.5) is 11.4 Å². The Bertz CT molecular complexity index is 1520. The highest BCUT2D eigenvalue weighted by atomic mass is 16.5. The Kier molecular flexibility index (Phi) is 8.29. The van der Waals surface area contributed by atoms with E-state index < -0.39 is 6.04 Å². The van der Waals surface area contributed by atoms with Crippen molar-refractivity contribution in [1.82, 2.24) is 0 Å². The van der Waals surface area contributed by atoms with Gasteiger partial charge in [0.2, 0.25) is 11.7 Å². The van der Waals surface area contributed by atoms with Crippen LogP contribution in [0.1, 0.15) is 49.3 Å². The molecule has 1 amide bonds. The zero-order chi connectivity index (χ0) is 30.0. The van der Waals surface area contributed by atoms with Crippen LogP contribution in [0.2, 0.25) is 0 Å². The highest BCUT2D eigenvalue weighted by Gasteiger charge is 2.42. The minimum atomic E-state index is -0.726. The minimum Gasteiger partial charge on any atom is -0.493 e. The fourth-order valence-corrected chi connectivity index (χ4v) is 5.95. The summed E-state index contributed by atoms with van der Waals surface area (Å²) in [6.45, 7) is 1.82. The molecule has 0 saturated heterocycles. The van der Waals surface area contributed by atoms with Crippen molar-refractivity contribution in [2.24, 2.45) is 0 Å². The number of carbonyl (C=O) groups is 2. The summed E-state index contributed by atoms with van der Waals surface area (Å²) in [4.78, 5) is 29.8. The molecule has 220 valence electrons. The van der Waals surface area contributed by atoms with Crippen LogP contribution in [-0.4, -0.2) is 47.2 Å². The van der Waals surface area contributed by atoms with Crippen molar-refractivity contribution >= 4 is 23.1 Å². The zero-order valence-electron chi connectivity index (χ0n) is 24.8. The number of ether oxygens (including phenoxy) is 5. The van der Waals surface area contributed by atoms with Gasteiger partial charge in [-0.1, -0.05) is 25.1 Å². The fraction of sp³-hybridized carbons (Fsp3) is 0.333. The number of allylic oxidation sites excluding steroid dienone is 1. The number of carbonyl (C=O) groups excluding carboxylic acids is 2. The van der Waals surface area contributed by atoms with E-state index in [4.69, 9.17) is 23.7 Å². The molecule has 0 spiro atoms. The SMILES string of the molecule is CCC(=O)N1c2ccccc2NC2=C(C(=O)C[C@H](c3ccc(OC)c(OC)c3)C2)[C@@H]1c1cc(OC)c(OC)c(OC)c1. The third kappa shape index (κ3) is 5.00. The van der Waals surface area contributed by atoms with Gasteiger partial charge in [-0.2, -0.15) is 0 Å². The van der Waals surface area contributed by atoms with Crippen molar-refractivity contribution in [3.8, 4) is 28.7 Å². The van der Waals surface area contributed by atoms with Crippen molar-refractivity contribution in [1.29, 1.82) is 0 Å². The molecular formula is C33H36N2O7. The number of fused-ring (bicyclic) bond motifs is 1. The van der Waals surface area contributed by atoms with E-state index in [1.165, 1.54) is 0 Å². The van der Waals surface area contributed by atoms with Crippen molar-refractivity contribution in [2.75, 3.05) is 45.8 Å². The number of ketones is 1. The standard InChI is InChI=1S/C33H36N2O7/c1-7-30(37)35-24-11-9-8-10-22(24)34-23-14-20(19-12-13-26(38-2)27(16-19)39-3)15-25(36)31(23)32(35)21-17-28(40-4)33(42-6)29(18-21)41-5/h8-13,16-18,20,32,34H,7,14-15H2,1-6H3/t20-,32+/m1/s1. The Labute approximate surface area is 246 Å². The summed E-state index contributed by atoms with van der Waals surface area (Å²) in [5, 5.41) is 3.55. The average molecular weight is 573 g/mol. The molecule has 3 aromatic carbocycles. The number of amides is 1. The summed E-state index contributed by atoms with van der Waals surface area (Å²) >= 11 is 0. The van der Waals surface area contributed by atoms with Gasteiger partial charge in [0.1, 0.15) is 0 Å². The Morgan fingerprint density at radius 2 is 1.45 bits per heavy atom. The topological polar surface area (TPSA) is 95.6 Å². The molecule has 0 radical (unpaired) electrons. The minimum absolute atomic E-state index is 0.0519. The number of methoxy groups -OCH3 is 5. The predicted octanol–water partition coefficient (Wildman–Crippen LogP) is 6.04. The first-order valence-corrected chi connectivity index (χ1v) is 13.8. The summed E-state index contributed by atoms with van der Waals surface area (Å²) in [5.74, 6) is 2.27. The van der Waals surface area contributed by atoms with Crippen LogP contribution < -0.4 is 33.9 Å². The maximum atomic E-state index is 14.3. The third-order valence-electron chi connectivity index (χ3n) is 7.94. The van der Waals surface area contributed by atoms with Crippen molar-refractivity contribution < 1.29 is 33.3 Å². The van der Waals surface area contributed by atoms with Crippen LogP contribution in [0.15, 0.2) is 65.9 Å². The van der Waals surface area contributed by atoms with E-state index in [0.29, 0.717) is 52.0 Å². The van der Waals surface area contributed by atoms with Crippen LogP contribution in [0.25, 0.3) is 0 Å². The Morgan fingerprint density at radius 3 is 2.07 bits per heavy atom. The highest BCUT2D eigenvalue weighted by Crippen LogP contribution is 2.50. The van der Waals surface area contributed by atoms with Crippen LogP contribution in [-0.2, 0) is 9.59 Å². The predicted molar refractivity (Wildman–Crippen MR) is 160 cm³/mol. The van der Waals surface area contributed by atoms with Gasteiger partial charge in [-0.05, 0) is 59.9 Å². The molecule has 9 heteroatoms. The number of nitrogens with zero attached hydrogens (tertiary/aromatic N) is 1. The molecule has 0 aromatic heterocycles. The van der Waals surface area contributed by atoms with Crippen molar-refractivity contribution in [3.05, 3.63) is 77.0 Å². The second kappa shape index (κ2) is 12.1. The number of benzene rings is 3. The van der Waals surface area contributed by atoms with Crippen molar-refractivity contribution in [3.63, 3.8) is 0 Å². The molecule has 0 unspecified atom stereocenters. The average Bonchev–Trinajstić information content (AvgIpc) is 3.17. The fourth-order valence-electron chi connectivity index (χ4n) is 5.95. The normalized spacial score (nSPS) is 17.9. The molecule has 1 aliphatic heterocycles. The molecule has 3 aromatic rings. The van der Waals surface area contributed by atoms with Crippen molar-refractivity contribution in [2.45, 2.75) is 38.1 Å². The lowest BCUT2D eigenvalue weighted by molar-refractivity contribution is -0.119. The maximum absolute atomic E-state index is 14.3. The maximum Gasteiger partial charge on any atom is 0.227 e. The van der Waals surface area contributed by atoms with Crippen LogP contribution >= 0.6 is 0 Å². The summed E-state index contributed by atoms with van der Waals surface area (Å²) in [5.41, 5.74) is 4.39. The Hall–Kier alpha value is -4.66. The Balaban J connectivity index is 1.73. The summed E-state index contributed by atoms with van der Waals surface area (Å²) < 4.78 is 27.9. The second-order valence-corrected chi connectivity index (χ2v) is 10.2. The molecule has 0 saturated carbocycles. The van der Waals surface area contributed by atoms with E-state index in [2.05, 4.69) is 5.32 Å². The van der Waals surface area contributed by atoms with Gasteiger partial charge in [-0.15, -0.1) is 0 Å². The molecule has 0 bridgehead atoms. The number of hydrogen-bond donors (Lipinski definition) is 1. The molecule has 1 aliphatic carbocycles. The van der Waals surface area contributed by atoms with E-state index in [1.54, 1.807) is 40.4 Å². The molecule has 2 aliphatic rings. The first-order valence-electron chi connectivity index (χ1n) is 13.8. The van der Waals surface area contributed by atoms with E-state index >= 15 is 0 Å². The summed E-state index contributed by atoms with van der Waals surface area (Å²) in [6.07, 6.45) is 1.07. The molecule has 1 N–H and O–H groups in total. The highest BCUT2D eigenvalue weighted by molar-refractivity contribution is 6.06. The van der Waals surface area contributed by atoms with Gasteiger partial charge in [0.15, 0.2) is 28.8 Å². The van der Waals surface area contributed by atoms with Crippen LogP contribution in [0.3, 0.4) is 0 Å². The lowest BCUT2D eigenvalue weighted by atomic mass is 9.78. The van der Waals surface area contributed by atoms with E-state index in [-0.39, 0.29) is 30.4 Å². The van der Waals surface area contributed by atoms with Gasteiger partial charge in [0.25, 0.3) is 0 Å². The van der Waals surface area contributed by atoms with Gasteiger partial charge in [-0.25, -0.2) is 0 Å². The smallest absolute Gasteiger partial charge is 0.227 e. The number of hydrogen-bond acceptors (Lipinski definition) is 8. The number of para-hydroxylation sites is 2. The molecule has 5 rings (SSSR count). The van der Waals surface area contributed by atoms with Crippen LogP contribution in [0, 0.1) is 0 Å². The number of nitrogens with one attached hydrogen (secondary N) is 1. The molecule has 0 fully saturated rings. The lowest BCUT2D eigenvalue weighted by Crippen LogP contribution is -2.38. The molecule has 2 atom stereocenters. The first-order chi connectivity index (χ1) is 20.4. The molecule has 9 nitrogen and oxygen atoms in total.